The molecule has 0 aliphatic rings. The number of rotatable bonds is 11. The molecule has 0 rings (SSSR count). The number of nitrogens with zero attached hydrogens (tertiary/aromatic N) is 1. The fourth-order valence-corrected chi connectivity index (χ4v) is 1.94. The van der Waals surface area contributed by atoms with Crippen LogP contribution >= 0.6 is 0 Å². The Balaban J connectivity index is 3.04. The maximum Gasteiger partial charge on any atom is 0.0318 e. The Morgan fingerprint density at radius 1 is 0.875 bits per heavy atom. The highest BCUT2D eigenvalue weighted by Crippen LogP contribution is 2.12. The molecule has 2 nitrogen and oxygen atoms in total. The summed E-state index contributed by atoms with van der Waals surface area (Å²) in [6.45, 7) is 4.34. The monoisotopic (exact) mass is 229 g/mol. The number of hydrogen-bond donors (Lipinski definition) is 1. The van der Waals surface area contributed by atoms with Crippen molar-refractivity contribution in [3.05, 3.63) is 0 Å². The van der Waals surface area contributed by atoms with Gasteiger partial charge in [-0.15, -0.1) is 0 Å². The van der Waals surface area contributed by atoms with Crippen LogP contribution in [-0.2, 0) is 0 Å². The van der Waals surface area contributed by atoms with Gasteiger partial charge in [-0.05, 0) is 13.3 Å². The lowest BCUT2D eigenvalue weighted by Crippen LogP contribution is -2.24. The van der Waals surface area contributed by atoms with E-state index in [4.69, 9.17) is 0 Å². The van der Waals surface area contributed by atoms with Crippen LogP contribution in [0.4, 0.5) is 0 Å². The normalized spacial score (nSPS) is 13.3. The summed E-state index contributed by atoms with van der Waals surface area (Å²) in [6.07, 6.45) is 13.5. The lowest BCUT2D eigenvalue weighted by molar-refractivity contribution is -0.0990. The molecule has 0 radical (unpaired) electrons. The van der Waals surface area contributed by atoms with Gasteiger partial charge in [0.05, 0.1) is 0 Å². The summed E-state index contributed by atoms with van der Waals surface area (Å²) in [7, 11) is 1.73. The number of hydrogen-bond acceptors (Lipinski definition) is 2. The van der Waals surface area contributed by atoms with Crippen LogP contribution in [0.15, 0.2) is 0 Å². The van der Waals surface area contributed by atoms with Crippen molar-refractivity contribution in [1.82, 2.24) is 5.06 Å². The third-order valence-electron chi connectivity index (χ3n) is 3.36. The Hall–Kier alpha value is -0.0800. The van der Waals surface area contributed by atoms with Crippen molar-refractivity contribution in [2.75, 3.05) is 7.05 Å². The van der Waals surface area contributed by atoms with Crippen LogP contribution in [0.5, 0.6) is 0 Å². The minimum atomic E-state index is 0.310. The molecule has 0 aromatic carbocycles. The molecule has 0 fully saturated rings. The predicted molar refractivity (Wildman–Crippen MR) is 70.9 cm³/mol. The van der Waals surface area contributed by atoms with E-state index in [1.165, 1.54) is 62.9 Å². The minimum Gasteiger partial charge on any atom is -0.314 e. The van der Waals surface area contributed by atoms with Crippen molar-refractivity contribution < 1.29 is 5.21 Å². The molecule has 1 N–H and O–H groups in total. The van der Waals surface area contributed by atoms with Gasteiger partial charge in [0.25, 0.3) is 0 Å². The van der Waals surface area contributed by atoms with Crippen molar-refractivity contribution >= 4 is 0 Å². The molecular formula is C14H31NO. The topological polar surface area (TPSA) is 23.5 Å². The smallest absolute Gasteiger partial charge is 0.0318 e. The van der Waals surface area contributed by atoms with E-state index in [9.17, 15) is 5.21 Å². The fourth-order valence-electron chi connectivity index (χ4n) is 1.94. The summed E-state index contributed by atoms with van der Waals surface area (Å²) in [5, 5.41) is 10.5. The fraction of sp³-hybridized carbons (Fsp3) is 1.00. The molecule has 0 aliphatic carbocycles. The summed E-state index contributed by atoms with van der Waals surface area (Å²) in [6, 6.07) is 0.310. The van der Waals surface area contributed by atoms with Crippen molar-refractivity contribution in [3.8, 4) is 0 Å². The van der Waals surface area contributed by atoms with Crippen molar-refractivity contribution in [2.24, 2.45) is 0 Å². The third kappa shape index (κ3) is 10.4. The third-order valence-corrected chi connectivity index (χ3v) is 3.36. The molecule has 0 aromatic heterocycles. The van der Waals surface area contributed by atoms with Crippen LogP contribution in [0.3, 0.4) is 0 Å². The second-order valence-electron chi connectivity index (χ2n) is 5.04. The summed E-state index contributed by atoms with van der Waals surface area (Å²) >= 11 is 0. The van der Waals surface area contributed by atoms with E-state index < -0.39 is 0 Å². The van der Waals surface area contributed by atoms with Crippen LogP contribution in [0.2, 0.25) is 0 Å². The van der Waals surface area contributed by atoms with Crippen molar-refractivity contribution in [1.29, 1.82) is 0 Å². The van der Waals surface area contributed by atoms with Gasteiger partial charge in [0.15, 0.2) is 0 Å². The highest BCUT2D eigenvalue weighted by atomic mass is 16.5. The van der Waals surface area contributed by atoms with Crippen LogP contribution in [0.25, 0.3) is 0 Å². The average molecular weight is 229 g/mol. The van der Waals surface area contributed by atoms with E-state index >= 15 is 0 Å². The quantitative estimate of drug-likeness (QED) is 0.413. The maximum atomic E-state index is 9.18. The van der Waals surface area contributed by atoms with Gasteiger partial charge in [-0.1, -0.05) is 64.7 Å². The molecule has 0 saturated carbocycles. The van der Waals surface area contributed by atoms with E-state index in [1.807, 2.05) is 0 Å². The first-order chi connectivity index (χ1) is 7.68. The Kier molecular flexibility index (Phi) is 11.3. The Labute approximate surface area is 102 Å². The van der Waals surface area contributed by atoms with Gasteiger partial charge < -0.3 is 5.21 Å². The summed E-state index contributed by atoms with van der Waals surface area (Å²) in [4.78, 5) is 0. The Morgan fingerprint density at radius 2 is 1.31 bits per heavy atom. The lowest BCUT2D eigenvalue weighted by Gasteiger charge is -2.17. The summed E-state index contributed by atoms with van der Waals surface area (Å²) in [5.41, 5.74) is 0. The first-order valence-corrected chi connectivity index (χ1v) is 7.10. The number of hydroxylamine groups is 2. The van der Waals surface area contributed by atoms with E-state index in [2.05, 4.69) is 13.8 Å². The first kappa shape index (κ1) is 15.9. The van der Waals surface area contributed by atoms with E-state index in [0.29, 0.717) is 6.04 Å². The highest BCUT2D eigenvalue weighted by Gasteiger charge is 2.04. The average Bonchev–Trinajstić information content (AvgIpc) is 2.26. The molecule has 0 spiro atoms. The molecular weight excluding hydrogens is 198 g/mol. The Bertz CT molecular complexity index is 137. The molecule has 16 heavy (non-hydrogen) atoms. The SMILES string of the molecule is CCCCCCCCCCCC(C)N(C)O. The van der Waals surface area contributed by atoms with E-state index in [-0.39, 0.29) is 0 Å². The largest absolute Gasteiger partial charge is 0.314 e. The highest BCUT2D eigenvalue weighted by molar-refractivity contribution is 4.56. The zero-order valence-electron chi connectivity index (χ0n) is 11.5. The molecule has 98 valence electrons. The minimum absolute atomic E-state index is 0.310. The molecule has 1 atom stereocenters. The van der Waals surface area contributed by atoms with Gasteiger partial charge in [-0.3, -0.25) is 0 Å². The molecule has 1 unspecified atom stereocenters. The van der Waals surface area contributed by atoms with Crippen LogP contribution in [0.1, 0.15) is 78.1 Å². The Morgan fingerprint density at radius 3 is 1.75 bits per heavy atom. The number of unbranched alkanes of at least 4 members (excludes halogenated alkanes) is 8. The molecule has 2 heteroatoms. The zero-order valence-corrected chi connectivity index (χ0v) is 11.5. The molecule has 0 aliphatic heterocycles. The van der Waals surface area contributed by atoms with Crippen molar-refractivity contribution in [3.63, 3.8) is 0 Å². The van der Waals surface area contributed by atoms with Gasteiger partial charge in [-0.25, -0.2) is 0 Å². The summed E-state index contributed by atoms with van der Waals surface area (Å²) in [5.74, 6) is 0. The van der Waals surface area contributed by atoms with Gasteiger partial charge in [-0.2, -0.15) is 5.06 Å². The molecule has 0 aromatic rings. The second kappa shape index (κ2) is 11.4. The van der Waals surface area contributed by atoms with Gasteiger partial charge in [0.2, 0.25) is 0 Å². The molecule has 0 amide bonds. The molecule has 0 bridgehead atoms. The van der Waals surface area contributed by atoms with E-state index in [0.717, 1.165) is 6.42 Å². The lowest BCUT2D eigenvalue weighted by atomic mass is 10.0. The standard InChI is InChI=1S/C14H31NO/c1-4-5-6-7-8-9-10-11-12-13-14(2)15(3)16/h14,16H,4-13H2,1-3H3. The molecule has 0 heterocycles. The van der Waals surface area contributed by atoms with Crippen LogP contribution < -0.4 is 0 Å². The van der Waals surface area contributed by atoms with Gasteiger partial charge in [0, 0.05) is 13.1 Å². The summed E-state index contributed by atoms with van der Waals surface area (Å²) < 4.78 is 0. The first-order valence-electron chi connectivity index (χ1n) is 7.10. The predicted octanol–water partition coefficient (Wildman–Crippen LogP) is 4.62. The second-order valence-corrected chi connectivity index (χ2v) is 5.04. The van der Waals surface area contributed by atoms with Gasteiger partial charge >= 0.3 is 0 Å². The van der Waals surface area contributed by atoms with E-state index in [1.54, 1.807) is 7.05 Å². The maximum absolute atomic E-state index is 9.18. The molecule has 0 saturated heterocycles. The van der Waals surface area contributed by atoms with Gasteiger partial charge in [0.1, 0.15) is 0 Å². The zero-order chi connectivity index (χ0) is 12.2. The van der Waals surface area contributed by atoms with Crippen LogP contribution in [0, 0.1) is 0 Å². The van der Waals surface area contributed by atoms with Crippen LogP contribution in [-0.4, -0.2) is 23.4 Å². The van der Waals surface area contributed by atoms with Crippen molar-refractivity contribution in [2.45, 2.75) is 84.1 Å².